The molecule has 0 heterocycles. The van der Waals surface area contributed by atoms with Gasteiger partial charge in [-0.15, -0.1) is 0 Å². The summed E-state index contributed by atoms with van der Waals surface area (Å²) in [4.78, 5) is 0. The van der Waals surface area contributed by atoms with Gasteiger partial charge in [-0.1, -0.05) is 90.4 Å². The highest BCUT2D eigenvalue weighted by molar-refractivity contribution is 6.78. The normalized spacial score (nSPS) is 12.7. The first-order valence-electron chi connectivity index (χ1n) is 10.8. The minimum atomic E-state index is -2.90. The Hall–Kier alpha value is 0.274. The van der Waals surface area contributed by atoms with E-state index >= 15 is 0 Å². The van der Waals surface area contributed by atoms with E-state index in [1.54, 1.807) is 21.3 Å². The summed E-state index contributed by atoms with van der Waals surface area (Å²) in [6.07, 6.45) is 18.0. The van der Waals surface area contributed by atoms with E-state index in [4.69, 9.17) is 17.4 Å². The van der Waals surface area contributed by atoms with Crippen LogP contribution < -0.4 is 0 Å². The first kappa shape index (κ1) is 26.3. The Morgan fingerprint density at radius 3 is 1.23 bits per heavy atom. The van der Waals surface area contributed by atoms with Crippen molar-refractivity contribution in [3.05, 3.63) is 0 Å². The second kappa shape index (κ2) is 16.2. The summed E-state index contributed by atoms with van der Waals surface area (Å²) in [5.41, 5.74) is 0. The molecule has 0 rings (SSSR count). The summed E-state index contributed by atoms with van der Waals surface area (Å²) in [6.45, 7) is 6.74. The minimum absolute atomic E-state index is 1.13. The average molecular weight is 407 g/mol. The Morgan fingerprint density at radius 1 is 0.538 bits per heavy atom. The van der Waals surface area contributed by atoms with E-state index in [1.165, 1.54) is 83.5 Å². The van der Waals surface area contributed by atoms with Crippen molar-refractivity contribution in [3.8, 4) is 0 Å². The quantitative estimate of drug-likeness (QED) is 0.177. The molecule has 0 N–H and O–H groups in total. The molecule has 26 heavy (non-hydrogen) atoms. The van der Waals surface area contributed by atoms with Crippen LogP contribution in [0.25, 0.3) is 0 Å². The summed E-state index contributed by atoms with van der Waals surface area (Å²) >= 11 is 0. The van der Waals surface area contributed by atoms with Crippen LogP contribution in [0.4, 0.5) is 0 Å². The van der Waals surface area contributed by atoms with Gasteiger partial charge in [0.25, 0.3) is 0 Å². The molecule has 0 bridgehead atoms. The van der Waals surface area contributed by atoms with E-state index in [-0.39, 0.29) is 0 Å². The van der Waals surface area contributed by atoms with E-state index < -0.39 is 17.4 Å². The highest BCUT2D eigenvalue weighted by atomic mass is 28.5. The fourth-order valence-corrected chi connectivity index (χ4v) is 9.05. The van der Waals surface area contributed by atoms with Gasteiger partial charge in [-0.25, -0.2) is 0 Å². The Labute approximate surface area is 166 Å². The molecule has 0 unspecified atom stereocenters. The highest BCUT2D eigenvalue weighted by Gasteiger charge is 2.47. The van der Waals surface area contributed by atoms with Gasteiger partial charge >= 0.3 is 9.05 Å². The van der Waals surface area contributed by atoms with Gasteiger partial charge in [0.15, 0.2) is 8.32 Å². The Kier molecular flexibility index (Phi) is 16.4. The largest absolute Gasteiger partial charge is 0.668 e. The number of unbranched alkanes of at least 4 members (excludes halogenated alkanes) is 12. The number of hydrogen-bond donors (Lipinski definition) is 0. The molecule has 0 amide bonds. The second-order valence-corrected chi connectivity index (χ2v) is 15.0. The number of rotatable bonds is 19. The standard InChI is InChI=1S/C20H46O4Si2/c1-7-8-9-10-11-12-13-14-15-16-17-18-19-20-25(5,6)24-26(21-2,22-3)23-4/h7-20H2,1-6H3. The van der Waals surface area contributed by atoms with Crippen LogP contribution in [-0.4, -0.2) is 38.7 Å². The van der Waals surface area contributed by atoms with Crippen molar-refractivity contribution in [1.29, 1.82) is 0 Å². The fourth-order valence-electron chi connectivity index (χ4n) is 3.33. The molecule has 0 spiro atoms. The van der Waals surface area contributed by atoms with Gasteiger partial charge in [-0.3, -0.25) is 0 Å². The van der Waals surface area contributed by atoms with Crippen LogP contribution in [0, 0.1) is 0 Å². The van der Waals surface area contributed by atoms with Gasteiger partial charge < -0.3 is 17.4 Å². The van der Waals surface area contributed by atoms with Crippen molar-refractivity contribution in [2.24, 2.45) is 0 Å². The lowest BCUT2D eigenvalue weighted by Crippen LogP contribution is -2.53. The van der Waals surface area contributed by atoms with Gasteiger partial charge in [0.1, 0.15) is 0 Å². The lowest BCUT2D eigenvalue weighted by atomic mass is 10.1. The smallest absolute Gasteiger partial charge is 0.394 e. The molecule has 0 saturated carbocycles. The van der Waals surface area contributed by atoms with Gasteiger partial charge in [0.05, 0.1) is 0 Å². The van der Waals surface area contributed by atoms with E-state index in [0.29, 0.717) is 0 Å². The molecule has 0 atom stereocenters. The Balaban J connectivity index is 3.59. The molecule has 158 valence electrons. The molecular formula is C20H46O4Si2. The molecular weight excluding hydrogens is 360 g/mol. The van der Waals surface area contributed by atoms with Gasteiger partial charge in [-0.2, -0.15) is 0 Å². The van der Waals surface area contributed by atoms with Gasteiger partial charge in [0, 0.05) is 21.3 Å². The van der Waals surface area contributed by atoms with Crippen LogP contribution in [0.1, 0.15) is 90.4 Å². The first-order valence-corrected chi connectivity index (χ1v) is 15.6. The van der Waals surface area contributed by atoms with Gasteiger partial charge in [-0.05, 0) is 19.1 Å². The van der Waals surface area contributed by atoms with Gasteiger partial charge in [0.2, 0.25) is 0 Å². The lowest BCUT2D eigenvalue weighted by molar-refractivity contribution is 0.0478. The van der Waals surface area contributed by atoms with Crippen molar-refractivity contribution in [2.45, 2.75) is 110 Å². The zero-order valence-electron chi connectivity index (χ0n) is 18.5. The highest BCUT2D eigenvalue weighted by Crippen LogP contribution is 2.23. The molecule has 0 aromatic heterocycles. The maximum absolute atomic E-state index is 6.19. The third-order valence-corrected chi connectivity index (χ3v) is 11.3. The molecule has 4 nitrogen and oxygen atoms in total. The third-order valence-electron chi connectivity index (χ3n) is 5.03. The second-order valence-electron chi connectivity index (χ2n) is 7.97. The summed E-state index contributed by atoms with van der Waals surface area (Å²) in [5.74, 6) is 0. The molecule has 0 aromatic carbocycles. The monoisotopic (exact) mass is 406 g/mol. The zero-order valence-corrected chi connectivity index (χ0v) is 20.5. The average Bonchev–Trinajstić information content (AvgIpc) is 2.63. The maximum atomic E-state index is 6.19. The number of hydrogen-bond acceptors (Lipinski definition) is 4. The SMILES string of the molecule is CCCCCCCCCCCCCCC[Si](C)(C)O[Si](OC)(OC)OC. The van der Waals surface area contributed by atoms with Crippen LogP contribution >= 0.6 is 0 Å². The van der Waals surface area contributed by atoms with Crippen LogP contribution in [0.5, 0.6) is 0 Å². The predicted octanol–water partition coefficient (Wildman–Crippen LogP) is 6.67. The van der Waals surface area contributed by atoms with Crippen LogP contribution in [-0.2, 0) is 17.4 Å². The zero-order chi connectivity index (χ0) is 19.7. The van der Waals surface area contributed by atoms with E-state index in [1.807, 2.05) is 0 Å². The van der Waals surface area contributed by atoms with Crippen LogP contribution in [0.2, 0.25) is 19.1 Å². The summed E-state index contributed by atoms with van der Waals surface area (Å²) in [7, 11) is 0.107. The third kappa shape index (κ3) is 13.4. The van der Waals surface area contributed by atoms with E-state index in [0.717, 1.165) is 6.04 Å². The first-order chi connectivity index (χ1) is 12.4. The fraction of sp³-hybridized carbons (Fsp3) is 1.00. The summed E-state index contributed by atoms with van der Waals surface area (Å²) in [6, 6.07) is 1.13. The molecule has 0 fully saturated rings. The van der Waals surface area contributed by atoms with Crippen molar-refractivity contribution >= 4 is 17.4 Å². The molecule has 6 heteroatoms. The molecule has 0 aromatic rings. The molecule has 0 saturated heterocycles. The van der Waals surface area contributed by atoms with Crippen LogP contribution in [0.15, 0.2) is 0 Å². The molecule has 0 radical (unpaired) electrons. The topological polar surface area (TPSA) is 36.9 Å². The Bertz CT molecular complexity index is 302. The summed E-state index contributed by atoms with van der Waals surface area (Å²) < 4.78 is 22.4. The maximum Gasteiger partial charge on any atom is 0.668 e. The van der Waals surface area contributed by atoms with Crippen molar-refractivity contribution < 1.29 is 17.4 Å². The summed E-state index contributed by atoms with van der Waals surface area (Å²) in [5, 5.41) is 0. The predicted molar refractivity (Wildman–Crippen MR) is 116 cm³/mol. The van der Waals surface area contributed by atoms with Crippen molar-refractivity contribution in [3.63, 3.8) is 0 Å². The van der Waals surface area contributed by atoms with Crippen molar-refractivity contribution in [2.75, 3.05) is 21.3 Å². The van der Waals surface area contributed by atoms with Crippen LogP contribution in [0.3, 0.4) is 0 Å². The molecule has 0 aliphatic heterocycles. The Morgan fingerprint density at radius 2 is 0.885 bits per heavy atom. The minimum Gasteiger partial charge on any atom is -0.394 e. The molecule has 0 aliphatic carbocycles. The van der Waals surface area contributed by atoms with E-state index in [2.05, 4.69) is 20.0 Å². The van der Waals surface area contributed by atoms with E-state index in [9.17, 15) is 0 Å². The lowest BCUT2D eigenvalue weighted by Gasteiger charge is -2.32. The van der Waals surface area contributed by atoms with Crippen molar-refractivity contribution in [1.82, 2.24) is 0 Å². The molecule has 0 aliphatic rings.